The molecular weight excluding hydrogens is 1240 g/mol. The number of rotatable bonds is 79. The lowest BCUT2D eigenvalue weighted by Gasteiger charge is -2.21. The lowest BCUT2D eigenvalue weighted by atomic mass is 10.1. The number of nitrogens with zero attached hydrogens (tertiary/aromatic N) is 2. The van der Waals surface area contributed by atoms with Crippen molar-refractivity contribution in [2.24, 2.45) is 0 Å². The van der Waals surface area contributed by atoms with E-state index in [1.807, 2.05) is 43.2 Å². The summed E-state index contributed by atoms with van der Waals surface area (Å²) in [5.41, 5.74) is 0. The van der Waals surface area contributed by atoms with E-state index in [0.717, 1.165) is 100 Å². The van der Waals surface area contributed by atoms with Crippen molar-refractivity contribution in [3.63, 3.8) is 0 Å². The summed E-state index contributed by atoms with van der Waals surface area (Å²) in [4.78, 5) is 55.8. The van der Waals surface area contributed by atoms with Gasteiger partial charge in [-0.3, -0.25) is 19.2 Å². The maximum Gasteiger partial charge on any atom is 0.307 e. The van der Waals surface area contributed by atoms with Crippen molar-refractivity contribution < 1.29 is 38.1 Å². The van der Waals surface area contributed by atoms with Crippen LogP contribution in [0.3, 0.4) is 0 Å². The van der Waals surface area contributed by atoms with E-state index >= 15 is 0 Å². The summed E-state index contributed by atoms with van der Waals surface area (Å²) in [7, 11) is 7.52. The van der Waals surface area contributed by atoms with Crippen LogP contribution in [0, 0.1) is 0 Å². The van der Waals surface area contributed by atoms with Crippen LogP contribution in [0.2, 0.25) is 0 Å². The summed E-state index contributed by atoms with van der Waals surface area (Å²) < 4.78 is 22.7. The molecule has 0 aliphatic carbocycles. The highest BCUT2D eigenvalue weighted by Crippen LogP contribution is 2.24. The molecular formula is C78H153N3O8S4. The van der Waals surface area contributed by atoms with Crippen LogP contribution >= 0.6 is 43.2 Å². The molecule has 0 rings (SSSR count). The van der Waals surface area contributed by atoms with Crippen LogP contribution in [0.15, 0.2) is 0 Å². The lowest BCUT2D eigenvalue weighted by molar-refractivity contribution is -0.146. The highest BCUT2D eigenvalue weighted by molar-refractivity contribution is 8.77. The molecule has 0 spiro atoms. The summed E-state index contributed by atoms with van der Waals surface area (Å²) in [5.74, 6) is 3.34. The standard InChI is InChI=1S/C78H153N3O8S4/c1-6-10-14-18-22-26-30-34-38-42-46-50-66-86-75(82)54-60-80(61-55-76(83)87-67-51-47-43-39-35-31-27-23-19-15-11-7-2)64-72-92-90-70-58-74(5)79-59-71-91-93-73-65-81(62-56-77(84)88-68-52-48-44-40-36-32-28-24-20-16-12-8-3)63-57-78(85)89-69-53-49-45-41-37-33-29-25-21-17-13-9-4/h74,79H,6-73H2,1-5H3. The van der Waals surface area contributed by atoms with Crippen molar-refractivity contribution in [2.45, 2.75) is 381 Å². The van der Waals surface area contributed by atoms with E-state index in [1.165, 1.54) is 257 Å². The Morgan fingerprint density at radius 3 is 0.720 bits per heavy atom. The third kappa shape index (κ3) is 75.2. The smallest absolute Gasteiger partial charge is 0.307 e. The average Bonchev–Trinajstić information content (AvgIpc) is 3.63. The predicted octanol–water partition coefficient (Wildman–Crippen LogP) is 23.3. The second kappa shape index (κ2) is 78.5. The molecule has 0 aliphatic heterocycles. The van der Waals surface area contributed by atoms with Crippen molar-refractivity contribution in [3.8, 4) is 0 Å². The van der Waals surface area contributed by atoms with Crippen LogP contribution in [0.1, 0.15) is 375 Å². The Labute approximate surface area is 592 Å². The summed E-state index contributed by atoms with van der Waals surface area (Å²) in [6.45, 7) is 18.3. The molecule has 15 heteroatoms. The fourth-order valence-electron chi connectivity index (χ4n) is 11.7. The molecule has 0 amide bonds. The Hall–Kier alpha value is -0.840. The number of nitrogens with one attached hydrogen (secondary N) is 1. The average molecular weight is 1390 g/mol. The Balaban J connectivity index is 4.75. The SMILES string of the molecule is CCCCCCCCCCCCCCOC(=O)CCN(CCSSCCNC(C)CCSSCCN(CCC(=O)OCCCCCCCCCCCCCC)CCC(=O)OCCCCCCCCCCCCCC)CCC(=O)OCCCCCCCCCCCCCC. The zero-order chi connectivity index (χ0) is 67.5. The van der Waals surface area contributed by atoms with Crippen LogP contribution in [0.5, 0.6) is 0 Å². The van der Waals surface area contributed by atoms with Gasteiger partial charge in [-0.05, 0) is 39.0 Å². The van der Waals surface area contributed by atoms with E-state index in [1.54, 1.807) is 0 Å². The minimum atomic E-state index is -0.139. The molecule has 0 aromatic carbocycles. The highest BCUT2D eigenvalue weighted by Gasteiger charge is 2.15. The molecule has 0 aromatic rings. The summed E-state index contributed by atoms with van der Waals surface area (Å²) in [5, 5.41) is 3.72. The number of esters is 4. The Bertz CT molecular complexity index is 1470. The van der Waals surface area contributed by atoms with E-state index in [-0.39, 0.29) is 23.9 Å². The van der Waals surface area contributed by atoms with E-state index in [0.29, 0.717) is 84.3 Å². The first-order valence-electron chi connectivity index (χ1n) is 40.0. The lowest BCUT2D eigenvalue weighted by Crippen LogP contribution is -2.31. The summed E-state index contributed by atoms with van der Waals surface area (Å²) in [6.07, 6.45) is 64.0. The molecule has 0 heterocycles. The van der Waals surface area contributed by atoms with Gasteiger partial charge in [-0.1, -0.05) is 353 Å². The van der Waals surface area contributed by atoms with Crippen molar-refractivity contribution in [3.05, 3.63) is 0 Å². The van der Waals surface area contributed by atoms with Gasteiger partial charge in [0.25, 0.3) is 0 Å². The van der Waals surface area contributed by atoms with Crippen LogP contribution in [-0.4, -0.2) is 135 Å². The van der Waals surface area contributed by atoms with Crippen LogP contribution in [0.25, 0.3) is 0 Å². The quantitative estimate of drug-likeness (QED) is 0.0269. The van der Waals surface area contributed by atoms with E-state index < -0.39 is 0 Å². The van der Waals surface area contributed by atoms with Crippen molar-refractivity contribution in [1.82, 2.24) is 15.1 Å². The number of carbonyl (C=O) groups excluding carboxylic acids is 4. The first-order chi connectivity index (χ1) is 45.7. The van der Waals surface area contributed by atoms with Gasteiger partial charge in [0, 0.05) is 74.9 Å². The third-order valence-electron chi connectivity index (χ3n) is 18.0. The second-order valence-electron chi connectivity index (χ2n) is 27.1. The van der Waals surface area contributed by atoms with Crippen LogP contribution in [0.4, 0.5) is 0 Å². The molecule has 1 atom stereocenters. The molecule has 1 N–H and O–H groups in total. The zero-order valence-corrected chi connectivity index (χ0v) is 65.2. The zero-order valence-electron chi connectivity index (χ0n) is 62.0. The first-order valence-corrected chi connectivity index (χ1v) is 45.0. The summed E-state index contributed by atoms with van der Waals surface area (Å²) in [6, 6.07) is 0.413. The Morgan fingerprint density at radius 1 is 0.280 bits per heavy atom. The molecule has 0 aromatic heterocycles. The minimum Gasteiger partial charge on any atom is -0.466 e. The van der Waals surface area contributed by atoms with Gasteiger partial charge in [0.1, 0.15) is 0 Å². The number of ether oxygens (including phenoxy) is 4. The topological polar surface area (TPSA) is 124 Å². The third-order valence-corrected chi connectivity index (χ3v) is 22.8. The van der Waals surface area contributed by atoms with E-state index in [2.05, 4.69) is 49.7 Å². The van der Waals surface area contributed by atoms with E-state index in [4.69, 9.17) is 18.9 Å². The molecule has 0 saturated heterocycles. The Kier molecular flexibility index (Phi) is 77.8. The second-order valence-corrected chi connectivity index (χ2v) is 32.5. The van der Waals surface area contributed by atoms with Gasteiger partial charge in [0.15, 0.2) is 0 Å². The predicted molar refractivity (Wildman–Crippen MR) is 411 cm³/mol. The van der Waals surface area contributed by atoms with Gasteiger partial charge in [-0.2, -0.15) is 0 Å². The fourth-order valence-corrected chi connectivity index (χ4v) is 15.9. The molecule has 0 bridgehead atoms. The number of unbranched alkanes of at least 4 members (excludes halogenated alkanes) is 44. The van der Waals surface area contributed by atoms with Gasteiger partial charge in [-0.25, -0.2) is 0 Å². The number of carbonyl (C=O) groups is 4. The molecule has 552 valence electrons. The normalized spacial score (nSPS) is 11.9. The number of hydrogen-bond donors (Lipinski definition) is 1. The maximum atomic E-state index is 12.8. The first kappa shape index (κ1) is 92.2. The molecule has 93 heavy (non-hydrogen) atoms. The number of hydrogen-bond acceptors (Lipinski definition) is 15. The maximum absolute atomic E-state index is 12.8. The monoisotopic (exact) mass is 1390 g/mol. The van der Waals surface area contributed by atoms with Gasteiger partial charge < -0.3 is 34.1 Å². The molecule has 11 nitrogen and oxygen atoms in total. The summed E-state index contributed by atoms with van der Waals surface area (Å²) >= 11 is 0. The van der Waals surface area contributed by atoms with Gasteiger partial charge in [0.2, 0.25) is 0 Å². The van der Waals surface area contributed by atoms with Gasteiger partial charge >= 0.3 is 23.9 Å². The van der Waals surface area contributed by atoms with Crippen molar-refractivity contribution in [2.75, 3.05) is 95.3 Å². The van der Waals surface area contributed by atoms with Crippen molar-refractivity contribution >= 4 is 67.1 Å². The van der Waals surface area contributed by atoms with Crippen LogP contribution in [-0.2, 0) is 38.1 Å². The van der Waals surface area contributed by atoms with Gasteiger partial charge in [-0.15, -0.1) is 0 Å². The van der Waals surface area contributed by atoms with E-state index in [9.17, 15) is 19.2 Å². The molecule has 0 radical (unpaired) electrons. The molecule has 0 saturated carbocycles. The molecule has 0 aliphatic rings. The molecule has 0 fully saturated rings. The molecule has 1 unspecified atom stereocenters. The highest BCUT2D eigenvalue weighted by atomic mass is 33.1. The fraction of sp³-hybridized carbons (Fsp3) is 0.949. The Morgan fingerprint density at radius 2 is 0.484 bits per heavy atom. The minimum absolute atomic E-state index is 0.138. The van der Waals surface area contributed by atoms with Crippen molar-refractivity contribution in [1.29, 1.82) is 0 Å². The van der Waals surface area contributed by atoms with Crippen LogP contribution < -0.4 is 5.32 Å². The largest absolute Gasteiger partial charge is 0.466 e. The van der Waals surface area contributed by atoms with Gasteiger partial charge in [0.05, 0.1) is 52.1 Å².